The highest BCUT2D eigenvalue weighted by atomic mass is 14.7. The summed E-state index contributed by atoms with van der Waals surface area (Å²) in [5, 5.41) is 2.56. The van der Waals surface area contributed by atoms with Gasteiger partial charge in [0.25, 0.3) is 0 Å². The van der Waals surface area contributed by atoms with Crippen molar-refractivity contribution in [3.05, 3.63) is 43.1 Å². The molecule has 1 aromatic heterocycles. The van der Waals surface area contributed by atoms with Gasteiger partial charge in [-0.3, -0.25) is 0 Å². The lowest BCUT2D eigenvalue weighted by Gasteiger charge is -1.91. The molecule has 1 nitrogen and oxygen atoms in total. The Bertz CT molecular complexity index is 360. The topological polar surface area (TPSA) is 15.8 Å². The molecule has 1 aromatic carbocycles. The van der Waals surface area contributed by atoms with E-state index in [4.69, 9.17) is 0 Å². The van der Waals surface area contributed by atoms with Gasteiger partial charge in [-0.05, 0) is 18.7 Å². The van der Waals surface area contributed by atoms with Crippen LogP contribution in [0.2, 0.25) is 0 Å². The lowest BCUT2D eigenvalue weighted by atomic mass is 10.1. The molecule has 1 N–H and O–H groups in total. The fourth-order valence-corrected chi connectivity index (χ4v) is 1.35. The highest BCUT2D eigenvalue weighted by Gasteiger charge is 1.97. The van der Waals surface area contributed by atoms with Gasteiger partial charge in [0.2, 0.25) is 0 Å². The zero-order chi connectivity index (χ0) is 7.68. The van der Waals surface area contributed by atoms with Gasteiger partial charge in [-0.1, -0.05) is 24.3 Å². The SMILES string of the molecule is [CH2]Cc1[nH]cc2ccccc12. The van der Waals surface area contributed by atoms with Gasteiger partial charge in [0, 0.05) is 17.3 Å². The number of aromatic nitrogens is 1. The van der Waals surface area contributed by atoms with Crippen LogP contribution in [0.25, 0.3) is 10.8 Å². The summed E-state index contributed by atoms with van der Waals surface area (Å²) in [6, 6.07) is 8.32. The van der Waals surface area contributed by atoms with Crippen LogP contribution in [-0.2, 0) is 6.42 Å². The van der Waals surface area contributed by atoms with Crippen LogP contribution in [0.3, 0.4) is 0 Å². The normalized spacial score (nSPS) is 10.6. The Morgan fingerprint density at radius 2 is 2.09 bits per heavy atom. The number of rotatable bonds is 1. The van der Waals surface area contributed by atoms with Gasteiger partial charge in [0.15, 0.2) is 0 Å². The lowest BCUT2D eigenvalue weighted by molar-refractivity contribution is 1.17. The average Bonchev–Trinajstić information content (AvgIpc) is 2.47. The molecule has 1 radical (unpaired) electrons. The highest BCUT2D eigenvalue weighted by Crippen LogP contribution is 2.17. The number of nitrogens with one attached hydrogen (secondary N) is 1. The van der Waals surface area contributed by atoms with E-state index >= 15 is 0 Å². The Morgan fingerprint density at radius 3 is 2.91 bits per heavy atom. The van der Waals surface area contributed by atoms with Crippen LogP contribution in [-0.4, -0.2) is 4.98 Å². The van der Waals surface area contributed by atoms with Crippen molar-refractivity contribution >= 4 is 10.8 Å². The predicted octanol–water partition coefficient (Wildman–Crippen LogP) is 2.54. The summed E-state index contributed by atoms with van der Waals surface area (Å²) in [6.07, 6.45) is 2.85. The summed E-state index contributed by atoms with van der Waals surface area (Å²) in [4.78, 5) is 3.20. The molecule has 0 spiro atoms. The van der Waals surface area contributed by atoms with Crippen molar-refractivity contribution in [2.75, 3.05) is 0 Å². The molecule has 0 fully saturated rings. The third kappa shape index (κ3) is 0.929. The second kappa shape index (κ2) is 2.42. The van der Waals surface area contributed by atoms with Crippen molar-refractivity contribution in [1.82, 2.24) is 4.98 Å². The van der Waals surface area contributed by atoms with E-state index in [0.29, 0.717) is 0 Å². The number of benzene rings is 1. The highest BCUT2D eigenvalue weighted by molar-refractivity contribution is 5.85. The van der Waals surface area contributed by atoms with Gasteiger partial charge >= 0.3 is 0 Å². The molecule has 0 bridgehead atoms. The molecule has 0 saturated carbocycles. The zero-order valence-electron chi connectivity index (χ0n) is 6.30. The van der Waals surface area contributed by atoms with Gasteiger partial charge in [-0.2, -0.15) is 0 Å². The van der Waals surface area contributed by atoms with Crippen LogP contribution in [0, 0.1) is 6.92 Å². The van der Waals surface area contributed by atoms with Gasteiger partial charge < -0.3 is 4.98 Å². The minimum atomic E-state index is 0.827. The number of hydrogen-bond donors (Lipinski definition) is 1. The molecule has 1 heterocycles. The monoisotopic (exact) mass is 144 g/mol. The fraction of sp³-hybridized carbons (Fsp3) is 0.100. The molecule has 11 heavy (non-hydrogen) atoms. The van der Waals surface area contributed by atoms with E-state index in [-0.39, 0.29) is 0 Å². The first-order valence-corrected chi connectivity index (χ1v) is 3.76. The number of hydrogen-bond acceptors (Lipinski definition) is 0. The maximum absolute atomic E-state index is 3.85. The second-order valence-corrected chi connectivity index (χ2v) is 2.60. The van der Waals surface area contributed by atoms with Crippen LogP contribution in [0.15, 0.2) is 30.5 Å². The molecule has 55 valence electrons. The largest absolute Gasteiger partial charge is 0.364 e. The molecule has 2 aromatic rings. The molecule has 0 aliphatic rings. The van der Waals surface area contributed by atoms with Crippen LogP contribution in [0.4, 0.5) is 0 Å². The molecule has 2 rings (SSSR count). The van der Waals surface area contributed by atoms with E-state index in [0.717, 1.165) is 6.42 Å². The van der Waals surface area contributed by atoms with Crippen LogP contribution in [0.5, 0.6) is 0 Å². The van der Waals surface area contributed by atoms with Gasteiger partial charge in [-0.15, -0.1) is 0 Å². The third-order valence-electron chi connectivity index (χ3n) is 1.94. The van der Waals surface area contributed by atoms with Crippen LogP contribution >= 0.6 is 0 Å². The fourth-order valence-electron chi connectivity index (χ4n) is 1.35. The minimum absolute atomic E-state index is 0.827. The summed E-state index contributed by atoms with van der Waals surface area (Å²) in [7, 11) is 0. The maximum atomic E-state index is 3.85. The molecule has 1 heteroatoms. The number of H-pyrrole nitrogens is 1. The van der Waals surface area contributed by atoms with Crippen molar-refractivity contribution in [3.8, 4) is 0 Å². The lowest BCUT2D eigenvalue weighted by Crippen LogP contribution is -1.77. The van der Waals surface area contributed by atoms with Crippen LogP contribution in [0.1, 0.15) is 5.69 Å². The molecule has 0 aliphatic carbocycles. The first kappa shape index (κ1) is 6.47. The second-order valence-electron chi connectivity index (χ2n) is 2.60. The summed E-state index contributed by atoms with van der Waals surface area (Å²) < 4.78 is 0. The number of aromatic amines is 1. The summed E-state index contributed by atoms with van der Waals surface area (Å²) in [6.45, 7) is 3.85. The van der Waals surface area contributed by atoms with Gasteiger partial charge in [0.05, 0.1) is 0 Å². The summed E-state index contributed by atoms with van der Waals surface area (Å²) in [5.41, 5.74) is 1.22. The first-order chi connectivity index (χ1) is 5.42. The smallest absolute Gasteiger partial charge is 0.0226 e. The zero-order valence-corrected chi connectivity index (χ0v) is 6.30. The molecule has 0 saturated heterocycles. The maximum Gasteiger partial charge on any atom is 0.0226 e. The summed E-state index contributed by atoms with van der Waals surface area (Å²) >= 11 is 0. The first-order valence-electron chi connectivity index (χ1n) is 3.76. The van der Waals surface area contributed by atoms with Crippen molar-refractivity contribution in [2.45, 2.75) is 6.42 Å². The quantitative estimate of drug-likeness (QED) is 0.633. The molecule has 0 atom stereocenters. The van der Waals surface area contributed by atoms with Crippen molar-refractivity contribution in [1.29, 1.82) is 0 Å². The average molecular weight is 144 g/mol. The van der Waals surface area contributed by atoms with E-state index in [1.165, 1.54) is 16.5 Å². The minimum Gasteiger partial charge on any atom is -0.364 e. The van der Waals surface area contributed by atoms with Gasteiger partial charge in [-0.25, -0.2) is 0 Å². The van der Waals surface area contributed by atoms with Crippen LogP contribution < -0.4 is 0 Å². The van der Waals surface area contributed by atoms with Crippen molar-refractivity contribution in [2.24, 2.45) is 0 Å². The standard InChI is InChI=1S/C10H10N/c1-2-10-9-6-4-3-5-8(9)7-11-10/h3-7,11H,1-2H2. The molecule has 0 amide bonds. The Balaban J connectivity index is 2.76. The van der Waals surface area contributed by atoms with E-state index < -0.39 is 0 Å². The Hall–Kier alpha value is -1.24. The Labute approximate surface area is 66.1 Å². The number of fused-ring (bicyclic) bond motifs is 1. The van der Waals surface area contributed by atoms with E-state index in [2.05, 4.69) is 30.1 Å². The Kier molecular flexibility index (Phi) is 1.42. The third-order valence-corrected chi connectivity index (χ3v) is 1.94. The predicted molar refractivity (Wildman–Crippen MR) is 47.4 cm³/mol. The van der Waals surface area contributed by atoms with E-state index in [1.54, 1.807) is 0 Å². The van der Waals surface area contributed by atoms with E-state index in [9.17, 15) is 0 Å². The van der Waals surface area contributed by atoms with Crippen molar-refractivity contribution in [3.63, 3.8) is 0 Å². The Morgan fingerprint density at radius 1 is 1.27 bits per heavy atom. The van der Waals surface area contributed by atoms with Crippen molar-refractivity contribution < 1.29 is 0 Å². The van der Waals surface area contributed by atoms with E-state index in [1.807, 2.05) is 12.3 Å². The molecule has 0 aliphatic heterocycles. The molecular weight excluding hydrogens is 134 g/mol. The summed E-state index contributed by atoms with van der Waals surface area (Å²) in [5.74, 6) is 0. The molecule has 0 unspecified atom stereocenters. The van der Waals surface area contributed by atoms with Gasteiger partial charge in [0.1, 0.15) is 0 Å². The molecular formula is C10H10N.